The van der Waals surface area contributed by atoms with Crippen LogP contribution < -0.4 is 5.32 Å². The first kappa shape index (κ1) is 16.1. The Morgan fingerprint density at radius 2 is 2.08 bits per heavy atom. The zero-order valence-electron chi connectivity index (χ0n) is 14.5. The first-order valence-corrected chi connectivity index (χ1v) is 9.38. The fourth-order valence-electron chi connectivity index (χ4n) is 5.34. The van der Waals surface area contributed by atoms with Crippen LogP contribution in [0.15, 0.2) is 18.2 Å². The van der Waals surface area contributed by atoms with Gasteiger partial charge in [-0.15, -0.1) is 0 Å². The zero-order chi connectivity index (χ0) is 16.7. The van der Waals surface area contributed by atoms with Crippen LogP contribution in [-0.2, 0) is 10.2 Å². The Hall–Kier alpha value is -1.42. The molecule has 24 heavy (non-hydrogen) atoms. The van der Waals surface area contributed by atoms with Crippen LogP contribution in [0, 0.1) is 5.82 Å². The normalized spacial score (nSPS) is 30.7. The molecule has 1 amide bonds. The van der Waals surface area contributed by atoms with Crippen LogP contribution in [0.2, 0.25) is 0 Å². The minimum absolute atomic E-state index is 0.0330. The molecule has 1 aromatic rings. The van der Waals surface area contributed by atoms with Gasteiger partial charge in [-0.25, -0.2) is 4.39 Å². The third-order valence-corrected chi connectivity index (χ3v) is 6.41. The maximum Gasteiger partial charge on any atom is 0.217 e. The summed E-state index contributed by atoms with van der Waals surface area (Å²) in [6, 6.07) is 5.87. The van der Waals surface area contributed by atoms with Crippen molar-refractivity contribution in [2.24, 2.45) is 0 Å². The van der Waals surface area contributed by atoms with E-state index in [2.05, 4.69) is 10.2 Å². The van der Waals surface area contributed by atoms with Crippen LogP contribution in [0.5, 0.6) is 0 Å². The van der Waals surface area contributed by atoms with Crippen molar-refractivity contribution in [3.63, 3.8) is 0 Å². The minimum atomic E-state index is -0.205. The highest BCUT2D eigenvalue weighted by molar-refractivity contribution is 5.74. The van der Waals surface area contributed by atoms with E-state index >= 15 is 0 Å². The summed E-state index contributed by atoms with van der Waals surface area (Å²) in [6.07, 6.45) is 8.76. The lowest BCUT2D eigenvalue weighted by Crippen LogP contribution is -2.38. The number of benzene rings is 1. The van der Waals surface area contributed by atoms with E-state index < -0.39 is 0 Å². The molecular weight excluding hydrogens is 303 g/mol. The van der Waals surface area contributed by atoms with Crippen molar-refractivity contribution in [1.29, 1.82) is 0 Å². The number of carbonyl (C=O) groups excluding carboxylic acids is 1. The molecule has 2 atom stereocenters. The smallest absolute Gasteiger partial charge is 0.217 e. The van der Waals surface area contributed by atoms with Gasteiger partial charge in [-0.1, -0.05) is 25.3 Å². The number of fused-ring (bicyclic) bond motifs is 2. The molecule has 0 aromatic heterocycles. The van der Waals surface area contributed by atoms with Gasteiger partial charge in [-0.3, -0.25) is 9.69 Å². The summed E-state index contributed by atoms with van der Waals surface area (Å²) in [5, 5.41) is 3.05. The van der Waals surface area contributed by atoms with Crippen LogP contribution in [0.1, 0.15) is 69.0 Å². The number of hydrogen-bond donors (Lipinski definition) is 1. The Morgan fingerprint density at radius 3 is 2.83 bits per heavy atom. The van der Waals surface area contributed by atoms with Crippen LogP contribution in [0.25, 0.3) is 0 Å². The minimum Gasteiger partial charge on any atom is -0.349 e. The van der Waals surface area contributed by atoms with Gasteiger partial charge < -0.3 is 5.32 Å². The predicted molar refractivity (Wildman–Crippen MR) is 92.3 cm³/mol. The number of halogens is 1. The standard InChI is InChI=1S/C20H27FN2O/c1-14(24)22-19-12-20(18-8-7-15(21)11-17(18)19)9-10-23(13-20)16-5-3-2-4-6-16/h7-8,11,16,19H,2-6,9-10,12-13H2,1H3,(H,22,24). The van der Waals surface area contributed by atoms with Crippen molar-refractivity contribution in [3.05, 3.63) is 35.1 Å². The highest BCUT2D eigenvalue weighted by Gasteiger charge is 2.49. The highest BCUT2D eigenvalue weighted by atomic mass is 19.1. The maximum atomic E-state index is 13.8. The number of carbonyl (C=O) groups is 1. The fourth-order valence-corrected chi connectivity index (χ4v) is 5.34. The molecule has 2 fully saturated rings. The van der Waals surface area contributed by atoms with E-state index in [0.29, 0.717) is 0 Å². The molecule has 1 aromatic carbocycles. The van der Waals surface area contributed by atoms with E-state index in [9.17, 15) is 9.18 Å². The molecule has 1 aliphatic heterocycles. The molecule has 1 heterocycles. The molecule has 4 heteroatoms. The molecule has 130 valence electrons. The molecule has 0 radical (unpaired) electrons. The lowest BCUT2D eigenvalue weighted by molar-refractivity contribution is -0.119. The van der Waals surface area contributed by atoms with Gasteiger partial charge in [0.25, 0.3) is 0 Å². The zero-order valence-corrected chi connectivity index (χ0v) is 14.5. The average molecular weight is 330 g/mol. The quantitative estimate of drug-likeness (QED) is 0.897. The first-order chi connectivity index (χ1) is 11.6. The van der Waals surface area contributed by atoms with Gasteiger partial charge in [0.2, 0.25) is 5.91 Å². The molecule has 1 saturated heterocycles. The summed E-state index contributed by atoms with van der Waals surface area (Å²) in [6.45, 7) is 3.74. The summed E-state index contributed by atoms with van der Waals surface area (Å²) < 4.78 is 13.8. The summed E-state index contributed by atoms with van der Waals surface area (Å²) in [7, 11) is 0. The Morgan fingerprint density at radius 1 is 1.29 bits per heavy atom. The number of nitrogens with one attached hydrogen (secondary N) is 1. The lowest BCUT2D eigenvalue weighted by Gasteiger charge is -2.33. The largest absolute Gasteiger partial charge is 0.349 e. The topological polar surface area (TPSA) is 32.3 Å². The van der Waals surface area contributed by atoms with Gasteiger partial charge in [0.05, 0.1) is 6.04 Å². The van der Waals surface area contributed by atoms with Crippen molar-refractivity contribution in [2.75, 3.05) is 13.1 Å². The molecule has 3 nitrogen and oxygen atoms in total. The second-order valence-corrected chi connectivity index (χ2v) is 7.98. The van der Waals surface area contributed by atoms with Crippen molar-refractivity contribution in [2.45, 2.75) is 69.4 Å². The van der Waals surface area contributed by atoms with Crippen molar-refractivity contribution in [1.82, 2.24) is 10.2 Å². The van der Waals surface area contributed by atoms with Gasteiger partial charge in [0, 0.05) is 24.9 Å². The van der Waals surface area contributed by atoms with E-state index in [1.807, 2.05) is 6.07 Å². The Labute approximate surface area is 143 Å². The second kappa shape index (κ2) is 6.14. The molecule has 1 spiro atoms. The second-order valence-electron chi connectivity index (χ2n) is 7.98. The number of nitrogens with zero attached hydrogens (tertiary/aromatic N) is 1. The number of amides is 1. The SMILES string of the molecule is CC(=O)NC1CC2(CCN(C3CCCCC3)C2)c2ccc(F)cc21. The summed E-state index contributed by atoms with van der Waals surface area (Å²) in [4.78, 5) is 14.3. The molecule has 0 bridgehead atoms. The van der Waals surface area contributed by atoms with Gasteiger partial charge >= 0.3 is 0 Å². The van der Waals surface area contributed by atoms with Crippen LogP contribution in [0.4, 0.5) is 4.39 Å². The van der Waals surface area contributed by atoms with E-state index in [1.165, 1.54) is 37.7 Å². The Kier molecular flexibility index (Phi) is 4.11. The molecule has 1 saturated carbocycles. The number of hydrogen-bond acceptors (Lipinski definition) is 2. The van der Waals surface area contributed by atoms with Gasteiger partial charge in [-0.05, 0) is 55.5 Å². The van der Waals surface area contributed by atoms with Crippen molar-refractivity contribution in [3.8, 4) is 0 Å². The lowest BCUT2D eigenvalue weighted by atomic mass is 9.81. The number of likely N-dealkylation sites (tertiary alicyclic amines) is 1. The Bertz CT molecular complexity index is 641. The van der Waals surface area contributed by atoms with Gasteiger partial charge in [-0.2, -0.15) is 0 Å². The summed E-state index contributed by atoms with van der Waals surface area (Å²) in [5.74, 6) is -0.238. The van der Waals surface area contributed by atoms with E-state index in [-0.39, 0.29) is 23.2 Å². The van der Waals surface area contributed by atoms with Gasteiger partial charge in [0.1, 0.15) is 5.82 Å². The van der Waals surface area contributed by atoms with E-state index in [4.69, 9.17) is 0 Å². The maximum absolute atomic E-state index is 13.8. The highest BCUT2D eigenvalue weighted by Crippen LogP contribution is 2.51. The first-order valence-electron chi connectivity index (χ1n) is 9.38. The van der Waals surface area contributed by atoms with E-state index in [1.54, 1.807) is 19.1 Å². The molecule has 4 rings (SSSR count). The predicted octanol–water partition coefficient (Wildman–Crippen LogP) is 3.68. The van der Waals surface area contributed by atoms with E-state index in [0.717, 1.165) is 37.5 Å². The molecule has 2 aliphatic carbocycles. The third kappa shape index (κ3) is 2.75. The van der Waals surface area contributed by atoms with Crippen LogP contribution in [-0.4, -0.2) is 29.9 Å². The van der Waals surface area contributed by atoms with Gasteiger partial charge in [0.15, 0.2) is 0 Å². The molecule has 3 aliphatic rings. The fraction of sp³-hybridized carbons (Fsp3) is 0.650. The molecular formula is C20H27FN2O. The van der Waals surface area contributed by atoms with Crippen molar-refractivity contribution < 1.29 is 9.18 Å². The molecule has 1 N–H and O–H groups in total. The van der Waals surface area contributed by atoms with Crippen LogP contribution >= 0.6 is 0 Å². The number of rotatable bonds is 2. The molecule has 2 unspecified atom stereocenters. The third-order valence-electron chi connectivity index (χ3n) is 6.41. The van der Waals surface area contributed by atoms with Crippen molar-refractivity contribution >= 4 is 5.91 Å². The Balaban J connectivity index is 1.61. The van der Waals surface area contributed by atoms with Crippen LogP contribution in [0.3, 0.4) is 0 Å². The average Bonchev–Trinajstić information content (AvgIpc) is 3.11. The summed E-state index contributed by atoms with van der Waals surface area (Å²) in [5.41, 5.74) is 2.35. The monoisotopic (exact) mass is 330 g/mol. The summed E-state index contributed by atoms with van der Waals surface area (Å²) >= 11 is 0.